The lowest BCUT2D eigenvalue weighted by Gasteiger charge is -2.22. The molecule has 0 unspecified atom stereocenters. The smallest absolute Gasteiger partial charge is 0.116 e. The Bertz CT molecular complexity index is 6330. The summed E-state index contributed by atoms with van der Waals surface area (Å²) >= 11 is 5.27. The van der Waals surface area contributed by atoms with Gasteiger partial charge >= 0.3 is 0 Å². The fourth-order valence-electron chi connectivity index (χ4n) is 15.5. The van der Waals surface area contributed by atoms with E-state index in [4.69, 9.17) is 0 Å². The Balaban J connectivity index is 0.000000124. The Morgan fingerprint density at radius 3 is 1.13 bits per heavy atom. The van der Waals surface area contributed by atoms with Crippen molar-refractivity contribution in [3.05, 3.63) is 249 Å². The van der Waals surface area contributed by atoms with Gasteiger partial charge in [-0.3, -0.25) is 0 Å². The van der Waals surface area contributed by atoms with Gasteiger partial charge in [-0.1, -0.05) is 235 Å². The van der Waals surface area contributed by atoms with Crippen molar-refractivity contribution in [3.8, 4) is 56.3 Å². The lowest BCUT2D eigenvalue weighted by atomic mass is 9.82. The predicted octanol–water partition coefficient (Wildman–Crippen LogP) is 26.6. The lowest BCUT2D eigenvalue weighted by molar-refractivity contribution is 0.413. The van der Waals surface area contributed by atoms with Gasteiger partial charge in [0.25, 0.3) is 0 Å². The summed E-state index contributed by atoms with van der Waals surface area (Å²) in [5.41, 5.74) is 28.8. The first-order chi connectivity index (χ1) is 52.8. The van der Waals surface area contributed by atoms with Crippen LogP contribution < -0.4 is 0 Å². The van der Waals surface area contributed by atoms with Crippen molar-refractivity contribution < 1.29 is 0 Å². The van der Waals surface area contributed by atoms with E-state index in [9.17, 15) is 0 Å². The molecule has 0 saturated carbocycles. The van der Waals surface area contributed by atoms with Gasteiger partial charge in [0.15, 0.2) is 0 Å². The highest BCUT2D eigenvalue weighted by Crippen LogP contribution is 2.46. The molecule has 0 saturated heterocycles. The molecule has 0 N–H and O–H groups in total. The molecule has 0 spiro atoms. The highest BCUT2D eigenvalue weighted by atomic mass is 32.1. The fourth-order valence-corrected chi connectivity index (χ4v) is 19.2. The molecule has 0 aliphatic rings. The maximum atomic E-state index is 4.56. The summed E-state index contributed by atoms with van der Waals surface area (Å²) < 4.78 is 7.06. The minimum atomic E-state index is 0.0230. The first kappa shape index (κ1) is 77.2. The number of hydrogen-bond donors (Lipinski definition) is 0. The average molecular weight is 1520 g/mol. The number of benzene rings is 10. The zero-order valence-corrected chi connectivity index (χ0v) is 70.3. The van der Waals surface area contributed by atoms with Crippen LogP contribution in [0.5, 0.6) is 0 Å². The average Bonchev–Trinajstić information content (AvgIpc) is 1.66. The van der Waals surface area contributed by atoms with Crippen LogP contribution in [0.15, 0.2) is 182 Å². The van der Waals surface area contributed by atoms with Crippen molar-refractivity contribution in [2.45, 2.75) is 180 Å². The van der Waals surface area contributed by atoms with Gasteiger partial charge < -0.3 is 0 Å². The van der Waals surface area contributed by atoms with Crippen LogP contribution in [0, 0.1) is 47.0 Å². The highest BCUT2D eigenvalue weighted by Gasteiger charge is 2.27. The van der Waals surface area contributed by atoms with Crippen LogP contribution >= 0.6 is 34.0 Å². The Morgan fingerprint density at radius 1 is 0.333 bits per heavy atom. The van der Waals surface area contributed by atoms with E-state index in [-0.39, 0.29) is 16.2 Å². The molecule has 12 nitrogen and oxygen atoms in total. The molecule has 0 radical (unpaired) electrons. The molecular weight excluding hydrogens is 1420 g/mol. The summed E-state index contributed by atoms with van der Waals surface area (Å²) in [7, 11) is 0. The summed E-state index contributed by atoms with van der Waals surface area (Å²) in [6, 6.07) is 65.4. The molecule has 0 atom stereocenters. The number of thiophene rings is 3. The molecule has 17 aromatic rings. The molecule has 0 bridgehead atoms. The third-order valence-corrected chi connectivity index (χ3v) is 24.1. The normalized spacial score (nSPS) is 12.1. The molecule has 0 amide bonds. The largest absolute Gasteiger partial charge is 0.131 e. The molecule has 7 aromatic heterocycles. The Labute approximate surface area is 664 Å². The van der Waals surface area contributed by atoms with Crippen molar-refractivity contribution in [1.29, 1.82) is 0 Å². The van der Waals surface area contributed by atoms with Crippen molar-refractivity contribution in [1.82, 2.24) is 61.6 Å². The van der Waals surface area contributed by atoms with Crippen molar-refractivity contribution in [2.75, 3.05) is 0 Å². The van der Waals surface area contributed by atoms with Crippen LogP contribution in [0.1, 0.15) is 188 Å². The van der Waals surface area contributed by atoms with Gasteiger partial charge in [0.1, 0.15) is 33.6 Å². The first-order valence-electron chi connectivity index (χ1n) is 38.5. The summed E-state index contributed by atoms with van der Waals surface area (Å²) in [6.45, 7) is 46.7. The Kier molecular flexibility index (Phi) is 21.5. The fraction of sp³-hybridized carbons (Fsp3) is 0.292. The van der Waals surface area contributed by atoms with Crippen LogP contribution in [0.4, 0.5) is 0 Å². The molecular formula is C96H98N12S3. The molecule has 0 fully saturated rings. The minimum absolute atomic E-state index is 0.0230. The summed E-state index contributed by atoms with van der Waals surface area (Å²) in [6.07, 6.45) is 1.000. The highest BCUT2D eigenvalue weighted by molar-refractivity contribution is 7.27. The summed E-state index contributed by atoms with van der Waals surface area (Å²) in [5.74, 6) is 1.30. The monoisotopic (exact) mass is 1510 g/mol. The molecule has 111 heavy (non-hydrogen) atoms. The first-order valence-corrected chi connectivity index (χ1v) is 41.0. The molecule has 15 heteroatoms. The molecule has 0 aliphatic carbocycles. The minimum Gasteiger partial charge on any atom is -0.131 e. The number of aryl methyl sites for hydroxylation is 6. The van der Waals surface area contributed by atoms with Crippen LogP contribution in [-0.2, 0) is 17.3 Å². The maximum absolute atomic E-state index is 4.56. The van der Waals surface area contributed by atoms with Gasteiger partial charge in [0, 0.05) is 58.1 Å². The van der Waals surface area contributed by atoms with Crippen LogP contribution in [0.25, 0.3) is 139 Å². The van der Waals surface area contributed by atoms with E-state index >= 15 is 0 Å². The maximum Gasteiger partial charge on any atom is 0.116 e. The van der Waals surface area contributed by atoms with Crippen LogP contribution in [0.2, 0.25) is 0 Å². The van der Waals surface area contributed by atoms with E-state index in [1.165, 1.54) is 124 Å². The van der Waals surface area contributed by atoms with Crippen LogP contribution in [0.3, 0.4) is 0 Å². The second kappa shape index (κ2) is 30.9. The van der Waals surface area contributed by atoms with Gasteiger partial charge in [-0.2, -0.15) is 0 Å². The summed E-state index contributed by atoms with van der Waals surface area (Å²) in [4.78, 5) is 0. The van der Waals surface area contributed by atoms with E-state index in [2.05, 4.69) is 389 Å². The lowest BCUT2D eigenvalue weighted by Crippen LogP contribution is -2.12. The molecule has 560 valence electrons. The van der Waals surface area contributed by atoms with Crippen molar-refractivity contribution in [3.63, 3.8) is 0 Å². The van der Waals surface area contributed by atoms with Gasteiger partial charge in [-0.25, -0.2) is 0 Å². The second-order valence-corrected chi connectivity index (χ2v) is 37.3. The third kappa shape index (κ3) is 16.1. The molecule has 7 heterocycles. The molecule has 0 aliphatic heterocycles. The van der Waals surface area contributed by atoms with E-state index in [0.29, 0.717) is 17.8 Å². The zero-order valence-electron chi connectivity index (χ0n) is 67.9. The SMILES string of the molecule is CC(C)(C)Cc1cccc2sc3c(-c4cc(C(C)(C)C)c5ccccc5c4)nnnc3c12.Cc1cc(C)cc(-c2cc(-c3c(C(C)C)cc(C(C)C)cc3C(C)C)nnn2)c1.Cc1cc(C)cc(-c2nnnc3c2sc2cccc(C)c23)c1.Cc1cccc2sc3c(-c4cc(C(C)(C)C)c5ccccc5c4)nnnc3c12. The van der Waals surface area contributed by atoms with E-state index in [1.807, 2.05) is 0 Å². The van der Waals surface area contributed by atoms with Gasteiger partial charge in [0.2, 0.25) is 0 Å². The number of aromatic nitrogens is 12. The summed E-state index contributed by atoms with van der Waals surface area (Å²) in [5, 5.41) is 60.6. The quantitative estimate of drug-likeness (QED) is 0.135. The topological polar surface area (TPSA) is 155 Å². The van der Waals surface area contributed by atoms with E-state index in [0.717, 1.165) is 87.8 Å². The van der Waals surface area contributed by atoms with E-state index < -0.39 is 0 Å². The van der Waals surface area contributed by atoms with E-state index in [1.54, 1.807) is 34.0 Å². The Morgan fingerprint density at radius 2 is 0.712 bits per heavy atom. The number of nitrogens with zero attached hydrogens (tertiary/aromatic N) is 12. The second-order valence-electron chi connectivity index (χ2n) is 34.2. The van der Waals surface area contributed by atoms with Crippen molar-refractivity contribution >= 4 is 116 Å². The van der Waals surface area contributed by atoms with Gasteiger partial charge in [-0.15, -0.1) is 74.8 Å². The van der Waals surface area contributed by atoms with Gasteiger partial charge in [-0.05, 0) is 242 Å². The molecule has 10 aromatic carbocycles. The standard InChI is InChI=1S/C28H29N3S.C26H33N3.C24H21N3S.C18H15N3S/c1-27(2,3)16-18-11-9-13-22-23(18)25-26(32-22)24(29-31-30-25)19-14-17-10-7-8-12-20(17)21(15-19)28(4,5)6;1-15(2)20-12-22(16(3)4)26(23(13-20)17(5)6)25-14-24(27-29-28-25)21-10-18(7)9-19(8)11-21;1-14-8-7-11-19-20(14)22-23(28-19)21(25-27-26-22)16-12-15-9-5-6-10-17(15)18(13-16)24(2,3)4;1-10-7-11(2)9-13(8-10)16-18-17(20-21-19-16)15-12(3)5-4-6-14(15)22-18/h7-15H,16H2,1-6H3;9-17H,1-8H3;5-13H,1-4H3;4-9H,1-3H3. The predicted molar refractivity (Wildman–Crippen MR) is 471 cm³/mol. The third-order valence-electron chi connectivity index (χ3n) is 20.7. The Hall–Kier alpha value is -10.6. The number of fused-ring (bicyclic) bond motifs is 11. The zero-order chi connectivity index (χ0) is 78.7. The van der Waals surface area contributed by atoms with Crippen molar-refractivity contribution in [2.24, 2.45) is 5.41 Å². The van der Waals surface area contributed by atoms with Gasteiger partial charge in [0.05, 0.1) is 25.5 Å². The number of hydrogen-bond acceptors (Lipinski definition) is 15. The van der Waals surface area contributed by atoms with Crippen LogP contribution in [-0.4, -0.2) is 61.6 Å². The molecule has 17 rings (SSSR count). The number of rotatable bonds is 9.